The lowest BCUT2D eigenvalue weighted by Gasteiger charge is -2.22. The average Bonchev–Trinajstić information content (AvgIpc) is 2.84. The van der Waals surface area contributed by atoms with Gasteiger partial charge in [-0.25, -0.2) is 0 Å². The maximum absolute atomic E-state index is 3.78. The molecule has 4 rings (SSSR count). The summed E-state index contributed by atoms with van der Waals surface area (Å²) >= 11 is 0. The SMILES string of the molecule is CCNC(c1ccc(C)cc1)C1C2C3CCC(C3)C21. The van der Waals surface area contributed by atoms with E-state index in [0.717, 1.165) is 36.1 Å². The first-order chi connectivity index (χ1) is 9.29. The molecule has 3 saturated carbocycles. The van der Waals surface area contributed by atoms with Crippen molar-refractivity contribution in [1.82, 2.24) is 5.32 Å². The third-order valence-corrected chi connectivity index (χ3v) is 6.04. The highest BCUT2D eigenvalue weighted by Crippen LogP contribution is 2.72. The van der Waals surface area contributed by atoms with Crippen molar-refractivity contribution in [1.29, 1.82) is 0 Å². The van der Waals surface area contributed by atoms with E-state index in [2.05, 4.69) is 43.4 Å². The quantitative estimate of drug-likeness (QED) is 0.859. The van der Waals surface area contributed by atoms with Crippen molar-refractivity contribution in [3.63, 3.8) is 0 Å². The number of hydrogen-bond donors (Lipinski definition) is 1. The average molecular weight is 255 g/mol. The largest absolute Gasteiger partial charge is 0.310 e. The highest BCUT2D eigenvalue weighted by molar-refractivity contribution is 5.28. The fourth-order valence-corrected chi connectivity index (χ4v) is 5.31. The molecule has 1 aromatic carbocycles. The molecule has 2 bridgehead atoms. The molecule has 0 spiro atoms. The molecular weight excluding hydrogens is 230 g/mol. The van der Waals surface area contributed by atoms with Crippen LogP contribution in [0.25, 0.3) is 0 Å². The summed E-state index contributed by atoms with van der Waals surface area (Å²) in [5.74, 6) is 5.21. The van der Waals surface area contributed by atoms with Crippen LogP contribution in [0, 0.1) is 36.5 Å². The Kier molecular flexibility index (Phi) is 2.73. The van der Waals surface area contributed by atoms with Gasteiger partial charge in [0.25, 0.3) is 0 Å². The summed E-state index contributed by atoms with van der Waals surface area (Å²) in [5.41, 5.74) is 2.89. The van der Waals surface area contributed by atoms with E-state index in [1.165, 1.54) is 24.0 Å². The Hall–Kier alpha value is -0.820. The molecule has 19 heavy (non-hydrogen) atoms. The van der Waals surface area contributed by atoms with Crippen molar-refractivity contribution in [3.05, 3.63) is 35.4 Å². The van der Waals surface area contributed by atoms with Gasteiger partial charge in [0.1, 0.15) is 0 Å². The number of rotatable bonds is 4. The van der Waals surface area contributed by atoms with E-state index in [4.69, 9.17) is 0 Å². The minimum atomic E-state index is 0.615. The first-order valence-electron chi connectivity index (χ1n) is 8.09. The third-order valence-electron chi connectivity index (χ3n) is 6.04. The van der Waals surface area contributed by atoms with Crippen LogP contribution >= 0.6 is 0 Å². The van der Waals surface area contributed by atoms with Crippen molar-refractivity contribution in [2.75, 3.05) is 6.54 Å². The minimum absolute atomic E-state index is 0.615. The van der Waals surface area contributed by atoms with Gasteiger partial charge in [-0.1, -0.05) is 36.8 Å². The van der Waals surface area contributed by atoms with Crippen LogP contribution in [0.5, 0.6) is 0 Å². The first kappa shape index (κ1) is 12.0. The van der Waals surface area contributed by atoms with Crippen LogP contribution in [0.4, 0.5) is 0 Å². The topological polar surface area (TPSA) is 12.0 Å². The molecule has 3 aliphatic rings. The molecule has 0 saturated heterocycles. The number of benzene rings is 1. The Bertz CT molecular complexity index is 447. The zero-order chi connectivity index (χ0) is 13.0. The summed E-state index contributed by atoms with van der Waals surface area (Å²) in [6.07, 6.45) is 4.60. The van der Waals surface area contributed by atoms with E-state index in [9.17, 15) is 0 Å². The van der Waals surface area contributed by atoms with Gasteiger partial charge in [0.05, 0.1) is 0 Å². The molecule has 3 aliphatic carbocycles. The summed E-state index contributed by atoms with van der Waals surface area (Å²) < 4.78 is 0. The van der Waals surface area contributed by atoms with E-state index in [1.54, 1.807) is 6.42 Å². The van der Waals surface area contributed by atoms with Crippen LogP contribution < -0.4 is 5.32 Å². The highest BCUT2D eigenvalue weighted by Gasteiger charge is 2.66. The van der Waals surface area contributed by atoms with Crippen molar-refractivity contribution in [2.24, 2.45) is 29.6 Å². The van der Waals surface area contributed by atoms with Crippen LogP contribution in [0.15, 0.2) is 24.3 Å². The lowest BCUT2D eigenvalue weighted by molar-refractivity contribution is 0.374. The summed E-state index contributed by atoms with van der Waals surface area (Å²) in [4.78, 5) is 0. The number of nitrogens with one attached hydrogen (secondary N) is 1. The molecule has 5 unspecified atom stereocenters. The van der Waals surface area contributed by atoms with Crippen LogP contribution in [0.1, 0.15) is 43.4 Å². The number of hydrogen-bond acceptors (Lipinski definition) is 1. The van der Waals surface area contributed by atoms with Crippen molar-refractivity contribution in [2.45, 2.75) is 39.2 Å². The summed E-state index contributed by atoms with van der Waals surface area (Å²) in [6, 6.07) is 9.85. The van der Waals surface area contributed by atoms with Crippen molar-refractivity contribution < 1.29 is 0 Å². The second kappa shape index (κ2) is 4.34. The van der Waals surface area contributed by atoms with Crippen LogP contribution in [-0.2, 0) is 0 Å². The Balaban J connectivity index is 1.58. The maximum Gasteiger partial charge on any atom is 0.0354 e. The van der Waals surface area contributed by atoms with Gasteiger partial charge in [0.2, 0.25) is 0 Å². The molecule has 0 heterocycles. The van der Waals surface area contributed by atoms with Crippen LogP contribution in [-0.4, -0.2) is 6.54 Å². The smallest absolute Gasteiger partial charge is 0.0354 e. The fraction of sp³-hybridized carbons (Fsp3) is 0.667. The second-order valence-electron chi connectivity index (χ2n) is 7.01. The molecule has 1 aromatic rings. The van der Waals surface area contributed by atoms with Gasteiger partial charge < -0.3 is 5.32 Å². The standard InChI is InChI=1S/C18H25N/c1-3-19-18(12-6-4-11(2)5-7-12)17-15-13-8-9-14(10-13)16(15)17/h4-7,13-19H,3,8-10H2,1-2H3. The normalized spacial score (nSPS) is 40.2. The van der Waals surface area contributed by atoms with Gasteiger partial charge in [0.15, 0.2) is 0 Å². The Morgan fingerprint density at radius 1 is 1.11 bits per heavy atom. The van der Waals surface area contributed by atoms with Crippen molar-refractivity contribution in [3.8, 4) is 0 Å². The zero-order valence-electron chi connectivity index (χ0n) is 12.1. The van der Waals surface area contributed by atoms with E-state index < -0.39 is 0 Å². The predicted molar refractivity (Wildman–Crippen MR) is 78.9 cm³/mol. The molecule has 0 aliphatic heterocycles. The van der Waals surface area contributed by atoms with Gasteiger partial charge >= 0.3 is 0 Å². The molecule has 5 atom stereocenters. The minimum Gasteiger partial charge on any atom is -0.310 e. The number of fused-ring (bicyclic) bond motifs is 5. The van der Waals surface area contributed by atoms with Gasteiger partial charge in [-0.3, -0.25) is 0 Å². The first-order valence-corrected chi connectivity index (χ1v) is 8.09. The third kappa shape index (κ3) is 1.78. The molecule has 102 valence electrons. The molecule has 1 nitrogen and oxygen atoms in total. The fourth-order valence-electron chi connectivity index (χ4n) is 5.31. The van der Waals surface area contributed by atoms with Gasteiger partial charge in [-0.15, -0.1) is 0 Å². The van der Waals surface area contributed by atoms with Crippen LogP contribution in [0.2, 0.25) is 0 Å². The molecule has 0 radical (unpaired) electrons. The summed E-state index contributed by atoms with van der Waals surface area (Å²) in [7, 11) is 0. The highest BCUT2D eigenvalue weighted by atomic mass is 14.9. The number of aryl methyl sites for hydroxylation is 1. The van der Waals surface area contributed by atoms with Gasteiger partial charge in [-0.05, 0) is 67.9 Å². The molecular formula is C18H25N. The van der Waals surface area contributed by atoms with Crippen LogP contribution in [0.3, 0.4) is 0 Å². The second-order valence-corrected chi connectivity index (χ2v) is 7.01. The lowest BCUT2D eigenvalue weighted by atomic mass is 9.92. The Labute approximate surface area is 116 Å². The summed E-state index contributed by atoms with van der Waals surface area (Å²) in [5, 5.41) is 3.78. The lowest BCUT2D eigenvalue weighted by Crippen LogP contribution is -2.25. The Morgan fingerprint density at radius 2 is 1.74 bits per heavy atom. The monoisotopic (exact) mass is 255 g/mol. The Morgan fingerprint density at radius 3 is 2.32 bits per heavy atom. The van der Waals surface area contributed by atoms with Crippen molar-refractivity contribution >= 4 is 0 Å². The van der Waals surface area contributed by atoms with E-state index in [-0.39, 0.29) is 0 Å². The van der Waals surface area contributed by atoms with E-state index >= 15 is 0 Å². The molecule has 0 aromatic heterocycles. The van der Waals surface area contributed by atoms with Gasteiger partial charge in [-0.2, -0.15) is 0 Å². The predicted octanol–water partition coefficient (Wildman–Crippen LogP) is 3.94. The summed E-state index contributed by atoms with van der Waals surface area (Å²) in [6.45, 7) is 5.51. The van der Waals surface area contributed by atoms with E-state index in [0.29, 0.717) is 6.04 Å². The molecule has 3 fully saturated rings. The van der Waals surface area contributed by atoms with E-state index in [1.807, 2.05) is 0 Å². The maximum atomic E-state index is 3.78. The molecule has 1 N–H and O–H groups in total. The molecule has 1 heteroatoms. The molecule has 0 amide bonds. The zero-order valence-corrected chi connectivity index (χ0v) is 12.1. The van der Waals surface area contributed by atoms with Gasteiger partial charge in [0, 0.05) is 6.04 Å².